The summed E-state index contributed by atoms with van der Waals surface area (Å²) >= 11 is 0. The van der Waals surface area contributed by atoms with Crippen molar-refractivity contribution in [3.05, 3.63) is 24.1 Å². The molecular formula is C14H21FIN5. The van der Waals surface area contributed by atoms with E-state index in [1.165, 1.54) is 18.9 Å². The Kier molecular flexibility index (Phi) is 5.60. The number of nitrogens with one attached hydrogen (secondary N) is 2. The fourth-order valence-electron chi connectivity index (χ4n) is 2.47. The van der Waals surface area contributed by atoms with Crippen LogP contribution >= 0.6 is 24.0 Å². The van der Waals surface area contributed by atoms with Crippen LogP contribution < -0.4 is 15.5 Å². The quantitative estimate of drug-likeness (QED) is 0.457. The summed E-state index contributed by atoms with van der Waals surface area (Å²) in [5.74, 6) is 1.04. The predicted molar refractivity (Wildman–Crippen MR) is 92.9 cm³/mol. The second kappa shape index (κ2) is 7.24. The van der Waals surface area contributed by atoms with Crippen LogP contribution in [0.1, 0.15) is 19.3 Å². The van der Waals surface area contributed by atoms with Crippen LogP contribution in [0.2, 0.25) is 0 Å². The second-order valence-electron chi connectivity index (χ2n) is 5.38. The number of anilines is 1. The third-order valence-corrected chi connectivity index (χ3v) is 3.71. The minimum absolute atomic E-state index is 0. The summed E-state index contributed by atoms with van der Waals surface area (Å²) in [6, 6.07) is 3.93. The van der Waals surface area contributed by atoms with Crippen molar-refractivity contribution in [2.24, 2.45) is 4.99 Å². The number of pyridine rings is 1. The van der Waals surface area contributed by atoms with Gasteiger partial charge in [0.1, 0.15) is 0 Å². The largest absolute Gasteiger partial charge is 0.354 e. The zero-order chi connectivity index (χ0) is 13.9. The van der Waals surface area contributed by atoms with Gasteiger partial charge in [0.2, 0.25) is 0 Å². The molecule has 2 fully saturated rings. The first-order chi connectivity index (χ1) is 9.76. The highest BCUT2D eigenvalue weighted by Gasteiger charge is 2.27. The smallest absolute Gasteiger partial charge is 0.191 e. The Balaban J connectivity index is 0.00000161. The highest BCUT2D eigenvalue weighted by atomic mass is 127. The van der Waals surface area contributed by atoms with Crippen molar-refractivity contribution in [3.63, 3.8) is 0 Å². The Morgan fingerprint density at radius 1 is 1.33 bits per heavy atom. The summed E-state index contributed by atoms with van der Waals surface area (Å²) < 4.78 is 13.7. The molecule has 3 rings (SSSR count). The van der Waals surface area contributed by atoms with Gasteiger partial charge in [-0.1, -0.05) is 0 Å². The van der Waals surface area contributed by atoms with Gasteiger partial charge < -0.3 is 15.5 Å². The molecular weight excluding hydrogens is 384 g/mol. The molecule has 1 aromatic heterocycles. The number of aromatic nitrogens is 1. The molecule has 21 heavy (non-hydrogen) atoms. The molecule has 0 spiro atoms. The van der Waals surface area contributed by atoms with Gasteiger partial charge in [0, 0.05) is 38.4 Å². The Morgan fingerprint density at radius 3 is 2.76 bits per heavy atom. The van der Waals surface area contributed by atoms with E-state index in [1.54, 1.807) is 19.3 Å². The van der Waals surface area contributed by atoms with Crippen LogP contribution in [0.3, 0.4) is 0 Å². The lowest BCUT2D eigenvalue weighted by atomic mass is 10.3. The lowest BCUT2D eigenvalue weighted by Gasteiger charge is -2.19. The van der Waals surface area contributed by atoms with E-state index in [0.717, 1.165) is 25.5 Å². The summed E-state index contributed by atoms with van der Waals surface area (Å²) in [5, 5.41) is 6.77. The maximum absolute atomic E-state index is 13.7. The van der Waals surface area contributed by atoms with Crippen LogP contribution in [0.15, 0.2) is 23.3 Å². The fourth-order valence-corrected chi connectivity index (χ4v) is 2.47. The van der Waals surface area contributed by atoms with E-state index in [1.807, 2.05) is 4.90 Å². The number of aliphatic imine (C=N–C) groups is 1. The molecule has 2 N–H and O–H groups in total. The minimum atomic E-state index is -0.256. The lowest BCUT2D eigenvalue weighted by molar-refractivity contribution is 0.612. The highest BCUT2D eigenvalue weighted by molar-refractivity contribution is 14.0. The van der Waals surface area contributed by atoms with E-state index >= 15 is 0 Å². The summed E-state index contributed by atoms with van der Waals surface area (Å²) in [5.41, 5.74) is 0. The Hall–Kier alpha value is -1.12. The number of hydrogen-bond acceptors (Lipinski definition) is 3. The molecule has 0 radical (unpaired) electrons. The third kappa shape index (κ3) is 4.18. The van der Waals surface area contributed by atoms with Gasteiger partial charge >= 0.3 is 0 Å². The van der Waals surface area contributed by atoms with E-state index < -0.39 is 0 Å². The van der Waals surface area contributed by atoms with Crippen molar-refractivity contribution >= 4 is 35.8 Å². The number of nitrogens with zero attached hydrogens (tertiary/aromatic N) is 3. The van der Waals surface area contributed by atoms with Gasteiger partial charge in [-0.2, -0.15) is 0 Å². The van der Waals surface area contributed by atoms with Crippen molar-refractivity contribution in [1.29, 1.82) is 0 Å². The van der Waals surface area contributed by atoms with Gasteiger partial charge in [0.05, 0.1) is 0 Å². The van der Waals surface area contributed by atoms with Gasteiger partial charge in [-0.3, -0.25) is 4.99 Å². The molecule has 116 valence electrons. The van der Waals surface area contributed by atoms with Gasteiger partial charge in [-0.05, 0) is 31.4 Å². The first-order valence-corrected chi connectivity index (χ1v) is 7.11. The van der Waals surface area contributed by atoms with E-state index in [0.29, 0.717) is 11.9 Å². The molecule has 2 aliphatic rings. The van der Waals surface area contributed by atoms with Crippen LogP contribution in [0, 0.1) is 5.82 Å². The summed E-state index contributed by atoms with van der Waals surface area (Å²) in [4.78, 5) is 10.3. The molecule has 7 heteroatoms. The maximum atomic E-state index is 13.7. The van der Waals surface area contributed by atoms with Gasteiger partial charge in [0.15, 0.2) is 17.6 Å². The molecule has 1 unspecified atom stereocenters. The van der Waals surface area contributed by atoms with Gasteiger partial charge in [-0.15, -0.1) is 24.0 Å². The van der Waals surface area contributed by atoms with E-state index in [4.69, 9.17) is 0 Å². The average Bonchev–Trinajstić information content (AvgIpc) is 3.15. The van der Waals surface area contributed by atoms with Crippen LogP contribution in [-0.2, 0) is 0 Å². The fraction of sp³-hybridized carbons (Fsp3) is 0.571. The monoisotopic (exact) mass is 405 g/mol. The molecule has 1 saturated heterocycles. The molecule has 0 aromatic carbocycles. The minimum Gasteiger partial charge on any atom is -0.354 e. The number of guanidine groups is 1. The molecule has 1 atom stereocenters. The van der Waals surface area contributed by atoms with Crippen LogP contribution in [0.25, 0.3) is 0 Å². The van der Waals surface area contributed by atoms with E-state index in [2.05, 4.69) is 20.6 Å². The SMILES string of the molecule is CN=C(NC1CC1)NC1CCN(c2ncccc2F)C1.I. The standard InChI is InChI=1S/C14H20FN5.HI/c1-16-14(18-10-4-5-10)19-11-6-8-20(9-11)13-12(15)3-2-7-17-13;/h2-3,7,10-11H,4-6,8-9H2,1H3,(H2,16,18,19);1H. The molecule has 0 amide bonds. The number of rotatable bonds is 3. The molecule has 1 saturated carbocycles. The molecule has 1 aromatic rings. The number of halogens is 2. The third-order valence-electron chi connectivity index (χ3n) is 3.71. The summed E-state index contributed by atoms with van der Waals surface area (Å²) in [6.07, 6.45) is 5.03. The predicted octanol–water partition coefficient (Wildman–Crippen LogP) is 1.74. The van der Waals surface area contributed by atoms with Crippen LogP contribution in [0.5, 0.6) is 0 Å². The molecule has 1 aliphatic carbocycles. The highest BCUT2D eigenvalue weighted by Crippen LogP contribution is 2.21. The molecule has 2 heterocycles. The zero-order valence-electron chi connectivity index (χ0n) is 12.1. The zero-order valence-corrected chi connectivity index (χ0v) is 14.4. The van der Waals surface area contributed by atoms with Crippen molar-refractivity contribution in [2.75, 3.05) is 25.0 Å². The Bertz CT molecular complexity index is 506. The van der Waals surface area contributed by atoms with E-state index in [9.17, 15) is 4.39 Å². The summed E-state index contributed by atoms with van der Waals surface area (Å²) in [6.45, 7) is 1.56. The average molecular weight is 405 g/mol. The second-order valence-corrected chi connectivity index (χ2v) is 5.38. The molecule has 5 nitrogen and oxygen atoms in total. The topological polar surface area (TPSA) is 52.6 Å². The van der Waals surface area contributed by atoms with Crippen molar-refractivity contribution in [1.82, 2.24) is 15.6 Å². The molecule has 1 aliphatic heterocycles. The van der Waals surface area contributed by atoms with Crippen LogP contribution in [0.4, 0.5) is 10.2 Å². The van der Waals surface area contributed by atoms with Gasteiger partial charge in [-0.25, -0.2) is 9.37 Å². The first-order valence-electron chi connectivity index (χ1n) is 7.11. The Labute approximate surface area is 141 Å². The number of hydrogen-bond donors (Lipinski definition) is 2. The van der Waals surface area contributed by atoms with Crippen LogP contribution in [-0.4, -0.2) is 43.2 Å². The molecule has 0 bridgehead atoms. The first kappa shape index (κ1) is 16.3. The summed E-state index contributed by atoms with van der Waals surface area (Å²) in [7, 11) is 1.78. The Morgan fingerprint density at radius 2 is 2.10 bits per heavy atom. The van der Waals surface area contributed by atoms with Gasteiger partial charge in [0.25, 0.3) is 0 Å². The van der Waals surface area contributed by atoms with Crippen molar-refractivity contribution in [2.45, 2.75) is 31.3 Å². The van der Waals surface area contributed by atoms with Crippen molar-refractivity contribution in [3.8, 4) is 0 Å². The lowest BCUT2D eigenvalue weighted by Crippen LogP contribution is -2.45. The maximum Gasteiger partial charge on any atom is 0.191 e. The normalized spacial score (nSPS) is 21.9. The van der Waals surface area contributed by atoms with Crippen molar-refractivity contribution < 1.29 is 4.39 Å². The van der Waals surface area contributed by atoms with E-state index in [-0.39, 0.29) is 35.8 Å².